The monoisotopic (exact) mass is 342 g/mol. The summed E-state index contributed by atoms with van der Waals surface area (Å²) in [6.45, 7) is 0.692. The van der Waals surface area contributed by atoms with Crippen LogP contribution in [0.2, 0.25) is 0 Å². The number of nitrogens with zero attached hydrogens (tertiary/aromatic N) is 2. The van der Waals surface area contributed by atoms with Crippen LogP contribution in [-0.2, 0) is 11.3 Å². The van der Waals surface area contributed by atoms with Crippen molar-refractivity contribution in [3.8, 4) is 11.1 Å². The zero-order chi connectivity index (χ0) is 16.9. The first-order valence-corrected chi connectivity index (χ1v) is 8.09. The average molecular weight is 342 g/mol. The topological polar surface area (TPSA) is 44.1 Å². The number of benzene rings is 1. The van der Waals surface area contributed by atoms with Crippen LogP contribution in [0, 0.1) is 5.82 Å². The lowest BCUT2D eigenvalue weighted by Gasteiger charge is -2.02. The summed E-state index contributed by atoms with van der Waals surface area (Å²) in [5.74, 6) is -0.706. The molecule has 3 aromatic rings. The molecule has 0 N–H and O–H groups in total. The minimum Gasteiger partial charge on any atom is -0.465 e. The molecule has 0 spiro atoms. The molecule has 0 atom stereocenters. The molecule has 0 unspecified atom stereocenters. The highest BCUT2D eigenvalue weighted by atomic mass is 32.1. The average Bonchev–Trinajstić information content (AvgIpc) is 3.25. The zero-order valence-electron chi connectivity index (χ0n) is 13.0. The Morgan fingerprint density at radius 3 is 2.83 bits per heavy atom. The van der Waals surface area contributed by atoms with E-state index in [2.05, 4.69) is 4.98 Å². The van der Waals surface area contributed by atoms with Gasteiger partial charge in [-0.25, -0.2) is 14.2 Å². The zero-order valence-corrected chi connectivity index (χ0v) is 13.8. The summed E-state index contributed by atoms with van der Waals surface area (Å²) in [4.78, 5) is 17.4. The number of imidazole rings is 1. The van der Waals surface area contributed by atoms with Crippen molar-refractivity contribution in [3.05, 3.63) is 70.7 Å². The van der Waals surface area contributed by atoms with Gasteiger partial charge >= 0.3 is 5.97 Å². The maximum atomic E-state index is 13.1. The molecule has 4 nitrogen and oxygen atoms in total. The molecule has 0 saturated carbocycles. The van der Waals surface area contributed by atoms with Crippen LogP contribution in [-0.4, -0.2) is 22.6 Å². The Hall–Kier alpha value is -2.73. The molecule has 6 heteroatoms. The number of rotatable bonds is 5. The van der Waals surface area contributed by atoms with Gasteiger partial charge in [0.2, 0.25) is 0 Å². The van der Waals surface area contributed by atoms with Gasteiger partial charge < -0.3 is 9.30 Å². The van der Waals surface area contributed by atoms with Crippen LogP contribution in [0.25, 0.3) is 17.2 Å². The Balaban J connectivity index is 1.89. The minimum atomic E-state index is -0.395. The number of carbonyl (C=O) groups excluding carboxylic acids is 1. The number of carbonyl (C=O) groups is 1. The Morgan fingerprint density at radius 2 is 2.17 bits per heavy atom. The number of hydrogen-bond donors (Lipinski definition) is 0. The van der Waals surface area contributed by atoms with Crippen LogP contribution in [0.3, 0.4) is 0 Å². The van der Waals surface area contributed by atoms with Gasteiger partial charge in [0.1, 0.15) is 10.7 Å². The standard InChI is InChI=1S/C18H15FN2O2S/c1-23-18(22)17-16(13-4-6-14(19)7-5-13)11-15(24-17)3-2-9-21-10-8-20-12-21/h2-8,10-12H,9H2,1H3. The number of thiophene rings is 1. The lowest BCUT2D eigenvalue weighted by Crippen LogP contribution is -1.99. The van der Waals surface area contributed by atoms with Crippen molar-refractivity contribution in [1.82, 2.24) is 9.55 Å². The van der Waals surface area contributed by atoms with E-state index in [1.807, 2.05) is 29.0 Å². The lowest BCUT2D eigenvalue weighted by atomic mass is 10.1. The second kappa shape index (κ2) is 7.23. The smallest absolute Gasteiger partial charge is 0.348 e. The van der Waals surface area contributed by atoms with E-state index < -0.39 is 5.97 Å². The van der Waals surface area contributed by atoms with Crippen LogP contribution in [0.5, 0.6) is 0 Å². The number of esters is 1. The van der Waals surface area contributed by atoms with E-state index in [1.165, 1.54) is 30.6 Å². The summed E-state index contributed by atoms with van der Waals surface area (Å²) in [6.07, 6.45) is 9.28. The number of halogens is 1. The van der Waals surface area contributed by atoms with Gasteiger partial charge in [0.25, 0.3) is 0 Å². The van der Waals surface area contributed by atoms with Crippen molar-refractivity contribution in [2.24, 2.45) is 0 Å². The van der Waals surface area contributed by atoms with Gasteiger partial charge in [0.15, 0.2) is 0 Å². The van der Waals surface area contributed by atoms with Crippen molar-refractivity contribution < 1.29 is 13.9 Å². The maximum absolute atomic E-state index is 13.1. The number of allylic oxidation sites excluding steroid dienone is 1. The molecule has 0 amide bonds. The number of aromatic nitrogens is 2. The summed E-state index contributed by atoms with van der Waals surface area (Å²) in [6, 6.07) is 7.98. The highest BCUT2D eigenvalue weighted by Gasteiger charge is 2.17. The molecule has 0 saturated heterocycles. The van der Waals surface area contributed by atoms with E-state index in [0.29, 0.717) is 11.4 Å². The summed E-state index contributed by atoms with van der Waals surface area (Å²) < 4.78 is 19.9. The first-order chi connectivity index (χ1) is 11.7. The van der Waals surface area contributed by atoms with Crippen molar-refractivity contribution in [3.63, 3.8) is 0 Å². The first kappa shape index (κ1) is 16.1. The fourth-order valence-electron chi connectivity index (χ4n) is 2.27. The molecule has 0 aliphatic rings. The Bertz CT molecular complexity index is 852. The molecule has 0 bridgehead atoms. The van der Waals surface area contributed by atoms with Crippen LogP contribution in [0.15, 0.2) is 55.1 Å². The number of ether oxygens (including phenoxy) is 1. The van der Waals surface area contributed by atoms with E-state index in [9.17, 15) is 9.18 Å². The summed E-state index contributed by atoms with van der Waals surface area (Å²) in [7, 11) is 1.35. The van der Waals surface area contributed by atoms with Crippen LogP contribution in [0.1, 0.15) is 14.5 Å². The Morgan fingerprint density at radius 1 is 1.38 bits per heavy atom. The van der Waals surface area contributed by atoms with Crippen molar-refractivity contribution in [2.75, 3.05) is 7.11 Å². The van der Waals surface area contributed by atoms with E-state index in [0.717, 1.165) is 16.0 Å². The fraction of sp³-hybridized carbons (Fsp3) is 0.111. The summed E-state index contributed by atoms with van der Waals surface area (Å²) >= 11 is 1.35. The summed E-state index contributed by atoms with van der Waals surface area (Å²) in [5, 5.41) is 0. The molecule has 122 valence electrons. The minimum absolute atomic E-state index is 0.311. The van der Waals surface area contributed by atoms with Crippen LogP contribution < -0.4 is 0 Å². The quantitative estimate of drug-likeness (QED) is 0.651. The van der Waals surface area contributed by atoms with Gasteiger partial charge in [-0.15, -0.1) is 11.3 Å². The molecule has 3 rings (SSSR count). The van der Waals surface area contributed by atoms with Gasteiger partial charge in [0.05, 0.1) is 13.4 Å². The van der Waals surface area contributed by atoms with E-state index in [-0.39, 0.29) is 5.82 Å². The van der Waals surface area contributed by atoms with E-state index >= 15 is 0 Å². The van der Waals surface area contributed by atoms with Gasteiger partial charge in [-0.2, -0.15) is 0 Å². The highest BCUT2D eigenvalue weighted by molar-refractivity contribution is 7.15. The predicted octanol–water partition coefficient (Wildman–Crippen LogP) is 4.25. The molecular formula is C18H15FN2O2S. The Labute approximate surface area is 142 Å². The van der Waals surface area contributed by atoms with Crippen LogP contribution in [0.4, 0.5) is 4.39 Å². The molecule has 0 aliphatic carbocycles. The third-order valence-electron chi connectivity index (χ3n) is 3.43. The first-order valence-electron chi connectivity index (χ1n) is 7.28. The number of methoxy groups -OCH3 is 1. The van der Waals surface area contributed by atoms with Crippen LogP contribution >= 0.6 is 11.3 Å². The van der Waals surface area contributed by atoms with E-state index in [1.54, 1.807) is 24.7 Å². The van der Waals surface area contributed by atoms with E-state index in [4.69, 9.17) is 4.74 Å². The maximum Gasteiger partial charge on any atom is 0.348 e. The Kier molecular flexibility index (Phi) is 4.86. The van der Waals surface area contributed by atoms with Gasteiger partial charge in [-0.3, -0.25) is 0 Å². The lowest BCUT2D eigenvalue weighted by molar-refractivity contribution is 0.0607. The molecule has 1 aromatic carbocycles. The van der Waals surface area contributed by atoms with Gasteiger partial charge in [-0.1, -0.05) is 18.2 Å². The van der Waals surface area contributed by atoms with Crippen molar-refractivity contribution in [1.29, 1.82) is 0 Å². The highest BCUT2D eigenvalue weighted by Crippen LogP contribution is 2.33. The molecule has 0 radical (unpaired) electrons. The summed E-state index contributed by atoms with van der Waals surface area (Å²) in [5.41, 5.74) is 1.52. The SMILES string of the molecule is COC(=O)c1sc(C=CCn2ccnc2)cc1-c1ccc(F)cc1. The second-order valence-electron chi connectivity index (χ2n) is 5.05. The van der Waals surface area contributed by atoms with Crippen molar-refractivity contribution >= 4 is 23.4 Å². The van der Waals surface area contributed by atoms with Crippen molar-refractivity contribution in [2.45, 2.75) is 6.54 Å². The number of hydrogen-bond acceptors (Lipinski definition) is 4. The largest absolute Gasteiger partial charge is 0.465 e. The van der Waals surface area contributed by atoms with Gasteiger partial charge in [0, 0.05) is 29.4 Å². The fourth-order valence-corrected chi connectivity index (χ4v) is 3.30. The predicted molar refractivity (Wildman–Crippen MR) is 92.3 cm³/mol. The second-order valence-corrected chi connectivity index (χ2v) is 6.14. The normalized spacial score (nSPS) is 11.1. The molecule has 0 fully saturated rings. The van der Waals surface area contributed by atoms with Gasteiger partial charge in [-0.05, 0) is 29.8 Å². The molecule has 2 aromatic heterocycles. The third kappa shape index (κ3) is 3.60. The molecule has 0 aliphatic heterocycles. The third-order valence-corrected chi connectivity index (χ3v) is 4.52. The molecule has 24 heavy (non-hydrogen) atoms. The molecule has 2 heterocycles. The molecular weight excluding hydrogens is 327 g/mol.